The van der Waals surface area contributed by atoms with Gasteiger partial charge in [0.2, 0.25) is 0 Å². The number of carbonyl (C=O) groups is 1. The summed E-state index contributed by atoms with van der Waals surface area (Å²) in [5.74, 6) is -0.224. The number of benzene rings is 2. The van der Waals surface area contributed by atoms with Crippen molar-refractivity contribution in [1.82, 2.24) is 4.90 Å². The lowest BCUT2D eigenvalue weighted by molar-refractivity contribution is 0.0137. The number of carbonyl (C=O) groups excluding carboxylic acids is 1. The molecule has 0 radical (unpaired) electrons. The minimum absolute atomic E-state index is 0.162. The quantitative estimate of drug-likeness (QED) is 0.847. The van der Waals surface area contributed by atoms with Crippen molar-refractivity contribution in [2.75, 3.05) is 20.2 Å². The molecular formula is C18H20ClNO3. The van der Waals surface area contributed by atoms with Crippen LogP contribution in [0.4, 0.5) is 0 Å². The zero-order chi connectivity index (χ0) is 16.7. The van der Waals surface area contributed by atoms with Crippen molar-refractivity contribution in [3.8, 4) is 0 Å². The van der Waals surface area contributed by atoms with Crippen LogP contribution >= 0.6 is 11.6 Å². The number of rotatable bonds is 7. The third-order valence-corrected chi connectivity index (χ3v) is 3.69. The van der Waals surface area contributed by atoms with Crippen LogP contribution in [0.2, 0.25) is 5.02 Å². The molecule has 0 saturated carbocycles. The van der Waals surface area contributed by atoms with Gasteiger partial charge in [0.05, 0.1) is 29.9 Å². The predicted molar refractivity (Wildman–Crippen MR) is 90.5 cm³/mol. The standard InChI is InChI=1S/C18H20ClNO3/c1-20(18(22)16-9-5-6-10-17(16)19)11-15(21)13-23-12-14-7-3-2-4-8-14/h2-10,15,21H,11-13H2,1H3. The summed E-state index contributed by atoms with van der Waals surface area (Å²) in [5, 5.41) is 10.4. The van der Waals surface area contributed by atoms with Crippen LogP contribution in [0.5, 0.6) is 0 Å². The average Bonchev–Trinajstić information content (AvgIpc) is 2.55. The Morgan fingerprint density at radius 2 is 1.83 bits per heavy atom. The second-order valence-corrected chi connectivity index (χ2v) is 5.73. The summed E-state index contributed by atoms with van der Waals surface area (Å²) in [7, 11) is 1.63. The fraction of sp³-hybridized carbons (Fsp3) is 0.278. The van der Waals surface area contributed by atoms with Crippen LogP contribution in [0.15, 0.2) is 54.6 Å². The van der Waals surface area contributed by atoms with Crippen LogP contribution in [0, 0.1) is 0 Å². The first kappa shape index (κ1) is 17.5. The van der Waals surface area contributed by atoms with Gasteiger partial charge in [0, 0.05) is 13.6 Å². The summed E-state index contributed by atoms with van der Waals surface area (Å²) >= 11 is 6.02. The van der Waals surface area contributed by atoms with Gasteiger partial charge in [-0.25, -0.2) is 0 Å². The molecule has 2 aromatic carbocycles. The van der Waals surface area contributed by atoms with Crippen molar-refractivity contribution in [1.29, 1.82) is 0 Å². The number of nitrogens with zero attached hydrogens (tertiary/aromatic N) is 1. The first-order valence-corrected chi connectivity index (χ1v) is 7.75. The maximum Gasteiger partial charge on any atom is 0.255 e. The van der Waals surface area contributed by atoms with E-state index in [1.54, 1.807) is 31.3 Å². The maximum atomic E-state index is 12.3. The number of ether oxygens (including phenoxy) is 1. The third-order valence-electron chi connectivity index (χ3n) is 3.36. The van der Waals surface area contributed by atoms with Crippen LogP contribution in [0.25, 0.3) is 0 Å². The highest BCUT2D eigenvalue weighted by Gasteiger charge is 2.17. The van der Waals surface area contributed by atoms with Gasteiger partial charge in [-0.15, -0.1) is 0 Å². The highest BCUT2D eigenvalue weighted by molar-refractivity contribution is 6.33. The largest absolute Gasteiger partial charge is 0.389 e. The lowest BCUT2D eigenvalue weighted by Crippen LogP contribution is -2.36. The lowest BCUT2D eigenvalue weighted by Gasteiger charge is -2.21. The Morgan fingerprint density at radius 1 is 1.17 bits per heavy atom. The Balaban J connectivity index is 1.79. The molecule has 1 atom stereocenters. The number of aliphatic hydroxyl groups excluding tert-OH is 1. The van der Waals surface area contributed by atoms with Crippen molar-refractivity contribution >= 4 is 17.5 Å². The molecule has 0 bridgehead atoms. The maximum absolute atomic E-state index is 12.3. The summed E-state index contributed by atoms with van der Waals surface area (Å²) in [6.07, 6.45) is -0.754. The van der Waals surface area contributed by atoms with Crippen LogP contribution in [0.3, 0.4) is 0 Å². The monoisotopic (exact) mass is 333 g/mol. The number of aliphatic hydroxyl groups is 1. The number of hydrogen-bond acceptors (Lipinski definition) is 3. The van der Waals surface area contributed by atoms with E-state index in [1.165, 1.54) is 4.90 Å². The van der Waals surface area contributed by atoms with E-state index in [4.69, 9.17) is 16.3 Å². The second-order valence-electron chi connectivity index (χ2n) is 5.32. The summed E-state index contributed by atoms with van der Waals surface area (Å²) < 4.78 is 5.48. The zero-order valence-corrected chi connectivity index (χ0v) is 13.7. The number of amides is 1. The molecule has 5 heteroatoms. The van der Waals surface area contributed by atoms with Gasteiger partial charge in [-0.2, -0.15) is 0 Å². The Labute approximate surface area is 141 Å². The molecule has 0 saturated heterocycles. The van der Waals surface area contributed by atoms with Crippen molar-refractivity contribution in [3.63, 3.8) is 0 Å². The lowest BCUT2D eigenvalue weighted by atomic mass is 10.2. The van der Waals surface area contributed by atoms with Gasteiger partial charge in [0.1, 0.15) is 0 Å². The molecule has 2 aromatic rings. The molecule has 2 rings (SSSR count). The Morgan fingerprint density at radius 3 is 2.52 bits per heavy atom. The number of halogens is 1. The van der Waals surface area contributed by atoms with E-state index in [0.29, 0.717) is 17.2 Å². The Kier molecular flexibility index (Phi) is 6.59. The van der Waals surface area contributed by atoms with Crippen molar-refractivity contribution in [3.05, 3.63) is 70.7 Å². The minimum Gasteiger partial charge on any atom is -0.389 e. The smallest absolute Gasteiger partial charge is 0.255 e. The normalized spacial score (nSPS) is 12.0. The molecule has 0 aromatic heterocycles. The summed E-state index contributed by atoms with van der Waals surface area (Å²) in [6, 6.07) is 16.6. The Hall–Kier alpha value is -1.88. The van der Waals surface area contributed by atoms with Gasteiger partial charge < -0.3 is 14.7 Å². The summed E-state index contributed by atoms with van der Waals surface area (Å²) in [4.78, 5) is 13.7. The van der Waals surface area contributed by atoms with E-state index in [-0.39, 0.29) is 19.1 Å². The zero-order valence-electron chi connectivity index (χ0n) is 13.0. The molecular weight excluding hydrogens is 314 g/mol. The molecule has 122 valence electrons. The van der Waals surface area contributed by atoms with Crippen LogP contribution in [-0.4, -0.2) is 42.2 Å². The minimum atomic E-state index is -0.754. The molecule has 1 amide bonds. The van der Waals surface area contributed by atoms with Gasteiger partial charge in [-0.05, 0) is 17.7 Å². The van der Waals surface area contributed by atoms with E-state index in [2.05, 4.69) is 0 Å². The van der Waals surface area contributed by atoms with Crippen molar-refractivity contribution in [2.24, 2.45) is 0 Å². The summed E-state index contributed by atoms with van der Waals surface area (Å²) in [5.41, 5.74) is 1.47. The predicted octanol–water partition coefficient (Wildman–Crippen LogP) is 2.99. The summed E-state index contributed by atoms with van der Waals surface area (Å²) in [6.45, 7) is 0.772. The number of hydrogen-bond donors (Lipinski definition) is 1. The SMILES string of the molecule is CN(CC(O)COCc1ccccc1)C(=O)c1ccccc1Cl. The number of likely N-dealkylation sites (N-methyl/N-ethyl adjacent to an activating group) is 1. The third kappa shape index (κ3) is 5.36. The van der Waals surface area contributed by atoms with Crippen molar-refractivity contribution < 1.29 is 14.6 Å². The first-order valence-electron chi connectivity index (χ1n) is 7.37. The molecule has 0 aliphatic heterocycles. The van der Waals surface area contributed by atoms with Crippen LogP contribution < -0.4 is 0 Å². The van der Waals surface area contributed by atoms with E-state index in [9.17, 15) is 9.90 Å². The topological polar surface area (TPSA) is 49.8 Å². The average molecular weight is 334 g/mol. The molecule has 0 spiro atoms. The van der Waals surface area contributed by atoms with Gasteiger partial charge in [-0.3, -0.25) is 4.79 Å². The van der Waals surface area contributed by atoms with Gasteiger partial charge >= 0.3 is 0 Å². The van der Waals surface area contributed by atoms with E-state index >= 15 is 0 Å². The van der Waals surface area contributed by atoms with Crippen molar-refractivity contribution in [2.45, 2.75) is 12.7 Å². The van der Waals surface area contributed by atoms with E-state index in [0.717, 1.165) is 5.56 Å². The fourth-order valence-corrected chi connectivity index (χ4v) is 2.40. The molecule has 23 heavy (non-hydrogen) atoms. The van der Waals surface area contributed by atoms with Gasteiger partial charge in [0.15, 0.2) is 0 Å². The highest BCUT2D eigenvalue weighted by Crippen LogP contribution is 2.16. The van der Waals surface area contributed by atoms with Gasteiger partial charge in [-0.1, -0.05) is 54.1 Å². The van der Waals surface area contributed by atoms with Crippen LogP contribution in [-0.2, 0) is 11.3 Å². The molecule has 4 nitrogen and oxygen atoms in total. The molecule has 1 unspecified atom stereocenters. The molecule has 0 fully saturated rings. The highest BCUT2D eigenvalue weighted by atomic mass is 35.5. The first-order chi connectivity index (χ1) is 11.1. The molecule has 1 N–H and O–H groups in total. The van der Waals surface area contributed by atoms with Crippen LogP contribution in [0.1, 0.15) is 15.9 Å². The van der Waals surface area contributed by atoms with E-state index in [1.807, 2.05) is 30.3 Å². The molecule has 0 aliphatic carbocycles. The molecule has 0 aliphatic rings. The second kappa shape index (κ2) is 8.67. The van der Waals surface area contributed by atoms with E-state index < -0.39 is 6.10 Å². The molecule has 0 heterocycles. The Bertz CT molecular complexity index is 633. The fourth-order valence-electron chi connectivity index (χ4n) is 2.18. The van der Waals surface area contributed by atoms with Gasteiger partial charge in [0.25, 0.3) is 5.91 Å².